The van der Waals surface area contributed by atoms with Crippen molar-refractivity contribution in [1.82, 2.24) is 0 Å². The molecule has 3 unspecified atom stereocenters. The Morgan fingerprint density at radius 3 is 0.633 bits per heavy atom. The summed E-state index contributed by atoms with van der Waals surface area (Å²) in [7, 11) is -9.92. The number of hydrogen-bond acceptors (Lipinski definition) is 15. The maximum absolute atomic E-state index is 13.1. The van der Waals surface area contributed by atoms with E-state index in [2.05, 4.69) is 55.4 Å². The number of phosphoric acid groups is 2. The topological polar surface area (TPSA) is 237 Å². The third-order valence-electron chi connectivity index (χ3n) is 18.3. The number of aliphatic hydroxyl groups is 1. The number of unbranched alkanes of at least 4 members (excludes halogenated alkanes) is 42. The second-order valence-corrected chi connectivity index (χ2v) is 33.3. The molecule has 0 spiro atoms. The van der Waals surface area contributed by atoms with Crippen LogP contribution in [0, 0.1) is 23.7 Å². The van der Waals surface area contributed by atoms with E-state index in [4.69, 9.17) is 37.0 Å². The zero-order chi connectivity index (χ0) is 72.4. The fraction of sp³-hybridized carbons (Fsp3) is 0.949. The molecule has 98 heavy (non-hydrogen) atoms. The van der Waals surface area contributed by atoms with Crippen molar-refractivity contribution in [3.8, 4) is 0 Å². The van der Waals surface area contributed by atoms with Crippen molar-refractivity contribution in [2.45, 2.75) is 420 Å². The number of carbonyl (C=O) groups is 4. The van der Waals surface area contributed by atoms with Crippen LogP contribution < -0.4 is 0 Å². The molecule has 0 heterocycles. The van der Waals surface area contributed by atoms with Crippen molar-refractivity contribution in [2.75, 3.05) is 39.6 Å². The first-order valence-corrected chi connectivity index (χ1v) is 43.7. The summed E-state index contributed by atoms with van der Waals surface area (Å²) in [5.74, 6) is 0.936. The predicted molar refractivity (Wildman–Crippen MR) is 400 cm³/mol. The molecule has 0 rings (SSSR count). The van der Waals surface area contributed by atoms with Crippen molar-refractivity contribution in [3.05, 3.63) is 0 Å². The van der Waals surface area contributed by atoms with E-state index in [1.165, 1.54) is 199 Å². The lowest BCUT2D eigenvalue weighted by Gasteiger charge is -2.21. The molecule has 19 heteroatoms. The summed E-state index contributed by atoms with van der Waals surface area (Å²) in [5, 5.41) is 10.6. The molecule has 0 radical (unpaired) electrons. The van der Waals surface area contributed by atoms with E-state index in [0.717, 1.165) is 114 Å². The maximum Gasteiger partial charge on any atom is 0.472 e. The zero-order valence-electron chi connectivity index (χ0n) is 64.4. The van der Waals surface area contributed by atoms with E-state index in [1.807, 2.05) is 0 Å². The Bertz CT molecular complexity index is 1920. The summed E-state index contributed by atoms with van der Waals surface area (Å²) in [5.41, 5.74) is 0. The molecule has 582 valence electrons. The number of hydrogen-bond donors (Lipinski definition) is 3. The molecule has 0 aliphatic heterocycles. The Balaban J connectivity index is 5.22. The van der Waals surface area contributed by atoms with Crippen LogP contribution in [0.15, 0.2) is 0 Å². The van der Waals surface area contributed by atoms with Crippen LogP contribution in [0.4, 0.5) is 0 Å². The summed E-state index contributed by atoms with van der Waals surface area (Å²) in [4.78, 5) is 72.9. The first-order valence-electron chi connectivity index (χ1n) is 40.7. The minimum atomic E-state index is -4.96. The number of phosphoric ester groups is 2. The van der Waals surface area contributed by atoms with Gasteiger partial charge in [-0.1, -0.05) is 351 Å². The first kappa shape index (κ1) is 96.1. The molecule has 5 atom stereocenters. The van der Waals surface area contributed by atoms with E-state index in [1.54, 1.807) is 0 Å². The standard InChI is InChI=1S/C79H154O17P2/c1-69(2)55-47-39-31-24-19-15-11-9-10-12-17-21-27-36-45-53-61-78(83)95-74(65-89-76(81)59-51-43-35-29-23-26-33-41-49-57-71(5)6)67-93-97(85,86)91-63-73(80)64-92-98(87,88)94-68-75(66-90-77(82)60-52-44-38-30-34-42-50-58-72(7)8)96-79(84)62-54-46-37-28-22-18-14-13-16-20-25-32-40-48-56-70(3)4/h69-75,80H,9-68H2,1-8H3,(H,85,86)(H,87,88)/t73?,74-,75-/m1/s1. The predicted octanol–water partition coefficient (Wildman–Crippen LogP) is 23.2. The van der Waals surface area contributed by atoms with Crippen LogP contribution in [-0.2, 0) is 65.4 Å². The lowest BCUT2D eigenvalue weighted by molar-refractivity contribution is -0.161. The molecule has 0 saturated carbocycles. The lowest BCUT2D eigenvalue weighted by Crippen LogP contribution is -2.30. The van der Waals surface area contributed by atoms with Gasteiger partial charge >= 0.3 is 39.5 Å². The minimum Gasteiger partial charge on any atom is -0.462 e. The van der Waals surface area contributed by atoms with Crippen LogP contribution >= 0.6 is 15.6 Å². The quantitative estimate of drug-likeness (QED) is 0.0222. The fourth-order valence-electron chi connectivity index (χ4n) is 12.1. The highest BCUT2D eigenvalue weighted by molar-refractivity contribution is 7.47. The summed E-state index contributed by atoms with van der Waals surface area (Å²) in [6.45, 7) is 14.2. The SMILES string of the molecule is CC(C)CCCCCCCCCCCCCCCCCCC(=O)O[C@H](COC(=O)CCCCCCCCCCCC(C)C)COP(=O)(O)OCC(O)COP(=O)(O)OC[C@@H](COC(=O)CCCCCCCCCC(C)C)OC(=O)CCCCCCCCCCCCCCCCC(C)C. The van der Waals surface area contributed by atoms with Crippen LogP contribution in [0.1, 0.15) is 402 Å². The molecule has 17 nitrogen and oxygen atoms in total. The third kappa shape index (κ3) is 72.4. The molecule has 3 N–H and O–H groups in total. The van der Waals surface area contributed by atoms with Crippen molar-refractivity contribution < 1.29 is 80.2 Å². The monoisotopic (exact) mass is 1440 g/mol. The van der Waals surface area contributed by atoms with Crippen molar-refractivity contribution >= 4 is 39.5 Å². The van der Waals surface area contributed by atoms with Gasteiger partial charge in [0.05, 0.1) is 26.4 Å². The molecule has 0 aliphatic rings. The van der Waals surface area contributed by atoms with Gasteiger partial charge in [0.1, 0.15) is 19.3 Å². The number of rotatable bonds is 76. The normalized spacial score (nSPS) is 14.1. The highest BCUT2D eigenvalue weighted by atomic mass is 31.2. The van der Waals surface area contributed by atoms with Crippen LogP contribution in [-0.4, -0.2) is 96.7 Å². The van der Waals surface area contributed by atoms with Gasteiger partial charge < -0.3 is 33.8 Å². The number of esters is 4. The lowest BCUT2D eigenvalue weighted by atomic mass is 10.0. The molecule has 0 aromatic heterocycles. The van der Waals surface area contributed by atoms with Gasteiger partial charge in [0.25, 0.3) is 0 Å². The Morgan fingerprint density at radius 2 is 0.429 bits per heavy atom. The molecule has 0 fully saturated rings. The molecule has 0 saturated heterocycles. The second-order valence-electron chi connectivity index (χ2n) is 30.4. The van der Waals surface area contributed by atoms with Gasteiger partial charge in [-0.3, -0.25) is 37.3 Å². The smallest absolute Gasteiger partial charge is 0.462 e. The Hall–Kier alpha value is -1.94. The Morgan fingerprint density at radius 1 is 0.255 bits per heavy atom. The van der Waals surface area contributed by atoms with Gasteiger partial charge in [-0.15, -0.1) is 0 Å². The Kier molecular flexibility index (Phi) is 66.8. The summed E-state index contributed by atoms with van der Waals surface area (Å²) >= 11 is 0. The van der Waals surface area contributed by atoms with Gasteiger partial charge in [-0.2, -0.15) is 0 Å². The zero-order valence-corrected chi connectivity index (χ0v) is 66.2. The molecular weight excluding hydrogens is 1280 g/mol. The fourth-order valence-corrected chi connectivity index (χ4v) is 13.7. The average molecular weight is 1440 g/mol. The van der Waals surface area contributed by atoms with Crippen LogP contribution in [0.2, 0.25) is 0 Å². The molecular formula is C79H154O17P2. The van der Waals surface area contributed by atoms with Crippen molar-refractivity contribution in [1.29, 1.82) is 0 Å². The van der Waals surface area contributed by atoms with E-state index in [9.17, 15) is 43.2 Å². The van der Waals surface area contributed by atoms with Crippen molar-refractivity contribution in [2.24, 2.45) is 23.7 Å². The highest BCUT2D eigenvalue weighted by Crippen LogP contribution is 2.45. The largest absolute Gasteiger partial charge is 0.472 e. The number of aliphatic hydroxyl groups excluding tert-OH is 1. The highest BCUT2D eigenvalue weighted by Gasteiger charge is 2.30. The second kappa shape index (κ2) is 68.2. The van der Waals surface area contributed by atoms with Gasteiger partial charge in [0.2, 0.25) is 0 Å². The molecule has 0 amide bonds. The van der Waals surface area contributed by atoms with Crippen LogP contribution in [0.3, 0.4) is 0 Å². The summed E-state index contributed by atoms with van der Waals surface area (Å²) in [6.07, 6.45) is 54.2. The van der Waals surface area contributed by atoms with Crippen molar-refractivity contribution in [3.63, 3.8) is 0 Å². The summed E-state index contributed by atoms with van der Waals surface area (Å²) in [6, 6.07) is 0. The van der Waals surface area contributed by atoms with Crippen LogP contribution in [0.25, 0.3) is 0 Å². The molecule has 0 aromatic carbocycles. The van der Waals surface area contributed by atoms with E-state index >= 15 is 0 Å². The maximum atomic E-state index is 13.1. The third-order valence-corrected chi connectivity index (χ3v) is 20.2. The first-order chi connectivity index (χ1) is 47.1. The Labute approximate surface area is 600 Å². The number of carbonyl (C=O) groups excluding carboxylic acids is 4. The molecule has 0 aliphatic carbocycles. The number of ether oxygens (including phenoxy) is 4. The van der Waals surface area contributed by atoms with Gasteiger partial charge in [-0.05, 0) is 49.4 Å². The van der Waals surface area contributed by atoms with E-state index < -0.39 is 97.5 Å². The van der Waals surface area contributed by atoms with E-state index in [-0.39, 0.29) is 25.7 Å². The molecule has 0 bridgehead atoms. The van der Waals surface area contributed by atoms with Gasteiger partial charge in [-0.25, -0.2) is 9.13 Å². The minimum absolute atomic E-state index is 0.106. The molecule has 0 aromatic rings. The van der Waals surface area contributed by atoms with Crippen LogP contribution in [0.5, 0.6) is 0 Å². The van der Waals surface area contributed by atoms with E-state index in [0.29, 0.717) is 31.6 Å². The summed E-state index contributed by atoms with van der Waals surface area (Å²) < 4.78 is 68.6. The van der Waals surface area contributed by atoms with Gasteiger partial charge in [0.15, 0.2) is 12.2 Å². The van der Waals surface area contributed by atoms with Gasteiger partial charge in [0, 0.05) is 25.7 Å². The average Bonchev–Trinajstić information content (AvgIpc) is 1.04.